The van der Waals surface area contributed by atoms with Crippen LogP contribution in [0.4, 0.5) is 5.69 Å². The number of amidine groups is 1. The van der Waals surface area contributed by atoms with E-state index in [0.717, 1.165) is 0 Å². The summed E-state index contributed by atoms with van der Waals surface area (Å²) in [6, 6.07) is 7.68. The number of rotatable bonds is 5. The normalized spacial score (nSPS) is 17.3. The van der Waals surface area contributed by atoms with Gasteiger partial charge in [0.25, 0.3) is 11.6 Å². The van der Waals surface area contributed by atoms with Gasteiger partial charge in [0, 0.05) is 30.3 Å². The van der Waals surface area contributed by atoms with Crippen molar-refractivity contribution < 1.29 is 14.1 Å². The molecule has 0 bridgehead atoms. The minimum Gasteiger partial charge on any atom is -0.456 e. The molecule has 2 heterocycles. The Morgan fingerprint density at radius 2 is 2.11 bits per heavy atom. The van der Waals surface area contributed by atoms with E-state index in [0.29, 0.717) is 40.2 Å². The first-order valence-corrected chi connectivity index (χ1v) is 9.44. The molecule has 0 unspecified atom stereocenters. The molecule has 2 aromatic rings. The van der Waals surface area contributed by atoms with Crippen LogP contribution in [-0.4, -0.2) is 34.0 Å². The van der Waals surface area contributed by atoms with Crippen LogP contribution in [0, 0.1) is 10.1 Å². The number of likely N-dealkylation sites (N-methyl/N-ethyl adjacent to an activating group) is 1. The zero-order chi connectivity index (χ0) is 19.6. The topological polar surface area (TPSA) is 89.0 Å². The molecule has 140 valence electrons. The van der Waals surface area contributed by atoms with E-state index in [-0.39, 0.29) is 16.6 Å². The maximum absolute atomic E-state index is 12.5. The van der Waals surface area contributed by atoms with Gasteiger partial charge < -0.3 is 4.42 Å². The standard InChI is InChI=1S/C18H16ClN3O4S/c1-3-20-18-21(4-2)17(23)16(27-18)10-12-6-8-15(26-12)13-7-5-11(19)9-14(13)22(24)25/h5-10H,3-4H2,1-2H3/b16-10-,20-18?. The van der Waals surface area contributed by atoms with Crippen molar-refractivity contribution in [3.63, 3.8) is 0 Å². The molecule has 1 aromatic heterocycles. The monoisotopic (exact) mass is 405 g/mol. The summed E-state index contributed by atoms with van der Waals surface area (Å²) in [6.07, 6.45) is 1.62. The minimum atomic E-state index is -0.509. The van der Waals surface area contributed by atoms with E-state index in [1.54, 1.807) is 29.2 Å². The number of nitro benzene ring substituents is 1. The fourth-order valence-corrected chi connectivity index (χ4v) is 3.86. The lowest BCUT2D eigenvalue weighted by Crippen LogP contribution is -2.28. The van der Waals surface area contributed by atoms with Crippen LogP contribution in [0.1, 0.15) is 19.6 Å². The van der Waals surface area contributed by atoms with Crippen molar-refractivity contribution in [1.82, 2.24) is 4.90 Å². The number of thioether (sulfide) groups is 1. The average molecular weight is 406 g/mol. The maximum Gasteiger partial charge on any atom is 0.281 e. The van der Waals surface area contributed by atoms with Crippen LogP contribution in [0.3, 0.4) is 0 Å². The van der Waals surface area contributed by atoms with Gasteiger partial charge in [-0.1, -0.05) is 11.6 Å². The van der Waals surface area contributed by atoms with Gasteiger partial charge in [0.1, 0.15) is 11.5 Å². The number of amides is 1. The van der Waals surface area contributed by atoms with Gasteiger partial charge >= 0.3 is 0 Å². The third kappa shape index (κ3) is 3.91. The minimum absolute atomic E-state index is 0.134. The summed E-state index contributed by atoms with van der Waals surface area (Å²) in [6.45, 7) is 4.91. The Balaban J connectivity index is 1.94. The van der Waals surface area contributed by atoms with Gasteiger partial charge in [-0.3, -0.25) is 24.8 Å². The molecule has 1 aliphatic rings. The lowest BCUT2D eigenvalue weighted by molar-refractivity contribution is -0.384. The molecule has 3 rings (SSSR count). The molecule has 1 amide bonds. The lowest BCUT2D eigenvalue weighted by atomic mass is 10.1. The van der Waals surface area contributed by atoms with Crippen molar-refractivity contribution in [2.24, 2.45) is 4.99 Å². The molecule has 1 saturated heterocycles. The summed E-state index contributed by atoms with van der Waals surface area (Å²) in [5.74, 6) is 0.625. The van der Waals surface area contributed by atoms with Crippen LogP contribution < -0.4 is 0 Å². The zero-order valence-electron chi connectivity index (χ0n) is 14.6. The molecule has 9 heteroatoms. The molecule has 0 atom stereocenters. The molecule has 0 saturated carbocycles. The van der Waals surface area contributed by atoms with Gasteiger partial charge in [0.05, 0.1) is 15.4 Å². The van der Waals surface area contributed by atoms with Crippen LogP contribution in [0.15, 0.2) is 44.6 Å². The molecule has 1 aliphatic heterocycles. The first kappa shape index (κ1) is 19.2. The van der Waals surface area contributed by atoms with Gasteiger partial charge in [0.15, 0.2) is 5.17 Å². The van der Waals surface area contributed by atoms with Gasteiger partial charge in [-0.05, 0) is 49.9 Å². The number of aliphatic imine (C=N–C) groups is 1. The molecule has 7 nitrogen and oxygen atoms in total. The Morgan fingerprint density at radius 1 is 1.33 bits per heavy atom. The number of nitro groups is 1. The van der Waals surface area contributed by atoms with Crippen LogP contribution in [0.5, 0.6) is 0 Å². The fraction of sp³-hybridized carbons (Fsp3) is 0.222. The van der Waals surface area contributed by atoms with Crippen LogP contribution in [0.25, 0.3) is 17.4 Å². The molecule has 0 N–H and O–H groups in total. The predicted molar refractivity (Wildman–Crippen MR) is 107 cm³/mol. The smallest absolute Gasteiger partial charge is 0.281 e. The number of halogens is 1. The number of hydrogen-bond donors (Lipinski definition) is 0. The van der Waals surface area contributed by atoms with E-state index >= 15 is 0 Å². The second kappa shape index (κ2) is 7.98. The number of carbonyl (C=O) groups is 1. The summed E-state index contributed by atoms with van der Waals surface area (Å²) < 4.78 is 5.73. The van der Waals surface area contributed by atoms with E-state index < -0.39 is 4.92 Å². The number of furan rings is 1. The summed E-state index contributed by atoms with van der Waals surface area (Å²) in [5, 5.41) is 12.2. The highest BCUT2D eigenvalue weighted by molar-refractivity contribution is 8.18. The van der Waals surface area contributed by atoms with E-state index in [9.17, 15) is 14.9 Å². The Kier molecular flexibility index (Phi) is 5.67. The second-order valence-corrected chi connectivity index (χ2v) is 6.98. The van der Waals surface area contributed by atoms with Gasteiger partial charge in [-0.25, -0.2) is 0 Å². The number of carbonyl (C=O) groups excluding carboxylic acids is 1. The lowest BCUT2D eigenvalue weighted by Gasteiger charge is -2.11. The zero-order valence-corrected chi connectivity index (χ0v) is 16.2. The third-order valence-electron chi connectivity index (χ3n) is 3.82. The fourth-order valence-electron chi connectivity index (χ4n) is 2.61. The molecular weight excluding hydrogens is 390 g/mol. The Morgan fingerprint density at radius 3 is 2.78 bits per heavy atom. The highest BCUT2D eigenvalue weighted by Gasteiger charge is 2.32. The summed E-state index contributed by atoms with van der Waals surface area (Å²) in [7, 11) is 0. The summed E-state index contributed by atoms with van der Waals surface area (Å²) in [5.41, 5.74) is 0.180. The Hall–Kier alpha value is -2.58. The van der Waals surface area contributed by atoms with Crippen LogP contribution in [0.2, 0.25) is 5.02 Å². The number of hydrogen-bond acceptors (Lipinski definition) is 6. The van der Waals surface area contributed by atoms with Crippen molar-refractivity contribution in [2.45, 2.75) is 13.8 Å². The van der Waals surface area contributed by atoms with E-state index in [2.05, 4.69) is 4.99 Å². The van der Waals surface area contributed by atoms with Gasteiger partial charge in [0.2, 0.25) is 0 Å². The SMILES string of the molecule is CCN=C1S/C(=C\c2ccc(-c3ccc(Cl)cc3[N+](=O)[O-])o2)C(=O)N1CC. The maximum atomic E-state index is 12.5. The first-order valence-electron chi connectivity index (χ1n) is 8.24. The van der Waals surface area contributed by atoms with Crippen LogP contribution >= 0.6 is 23.4 Å². The average Bonchev–Trinajstić information content (AvgIpc) is 3.20. The molecule has 0 aliphatic carbocycles. The van der Waals surface area contributed by atoms with Crippen molar-refractivity contribution in [1.29, 1.82) is 0 Å². The van der Waals surface area contributed by atoms with Gasteiger partial charge in [-0.2, -0.15) is 0 Å². The number of nitrogens with zero attached hydrogens (tertiary/aromatic N) is 3. The molecule has 27 heavy (non-hydrogen) atoms. The van der Waals surface area contributed by atoms with E-state index in [4.69, 9.17) is 16.0 Å². The molecular formula is C18H16ClN3O4S. The van der Waals surface area contributed by atoms with Gasteiger partial charge in [-0.15, -0.1) is 0 Å². The predicted octanol–water partition coefficient (Wildman–Crippen LogP) is 4.82. The Bertz CT molecular complexity index is 967. The molecule has 1 fully saturated rings. The first-order chi connectivity index (χ1) is 12.9. The number of benzene rings is 1. The highest BCUT2D eigenvalue weighted by atomic mass is 35.5. The van der Waals surface area contributed by atoms with E-state index in [1.165, 1.54) is 23.9 Å². The quantitative estimate of drug-likeness (QED) is 0.404. The molecule has 1 aromatic carbocycles. The van der Waals surface area contributed by atoms with Crippen LogP contribution in [-0.2, 0) is 4.79 Å². The van der Waals surface area contributed by atoms with E-state index in [1.807, 2.05) is 13.8 Å². The third-order valence-corrected chi connectivity index (χ3v) is 5.10. The summed E-state index contributed by atoms with van der Waals surface area (Å²) >= 11 is 7.14. The summed E-state index contributed by atoms with van der Waals surface area (Å²) in [4.78, 5) is 29.7. The highest BCUT2D eigenvalue weighted by Crippen LogP contribution is 2.36. The molecule has 0 radical (unpaired) electrons. The molecule has 0 spiro atoms. The largest absolute Gasteiger partial charge is 0.456 e. The van der Waals surface area contributed by atoms with Crippen molar-refractivity contribution in [3.8, 4) is 11.3 Å². The van der Waals surface area contributed by atoms with Crippen molar-refractivity contribution in [2.75, 3.05) is 13.1 Å². The van der Waals surface area contributed by atoms with Crippen molar-refractivity contribution >= 4 is 46.2 Å². The second-order valence-electron chi connectivity index (χ2n) is 5.54. The Labute approximate surface area is 164 Å². The van der Waals surface area contributed by atoms with Crippen molar-refractivity contribution in [3.05, 3.63) is 56.1 Å².